The van der Waals surface area contributed by atoms with Crippen molar-refractivity contribution in [2.45, 2.75) is 25.5 Å². The van der Waals surface area contributed by atoms with Gasteiger partial charge in [0, 0.05) is 20.3 Å². The minimum absolute atomic E-state index is 0.0287. The molecule has 0 N–H and O–H groups in total. The van der Waals surface area contributed by atoms with Crippen LogP contribution in [0, 0.1) is 0 Å². The number of methoxy groups -OCH3 is 1. The highest BCUT2D eigenvalue weighted by molar-refractivity contribution is 5.81. The smallest absolute Gasteiger partial charge is 0.252 e. The van der Waals surface area contributed by atoms with Gasteiger partial charge >= 0.3 is 0 Å². The van der Waals surface area contributed by atoms with Gasteiger partial charge in [-0.3, -0.25) is 4.79 Å². The normalized spacial score (nSPS) is 19.1. The van der Waals surface area contributed by atoms with Crippen LogP contribution in [-0.4, -0.2) is 43.8 Å². The Morgan fingerprint density at radius 1 is 1.61 bits per heavy atom. The predicted molar refractivity (Wildman–Crippen MR) is 65.0 cm³/mol. The molecular weight excluding hydrogens is 234 g/mol. The standard InChI is InChI=1S/C13H19NO4/c1-16-9-6-14(10-11-4-2-7-17-11)13(15)12-5-3-8-18-12/h2,4,7,12H,3,5-6,8-10H2,1H3/t12-/m0/s1. The number of carbonyl (C=O) groups is 1. The third-order valence-corrected chi connectivity index (χ3v) is 3.01. The Morgan fingerprint density at radius 2 is 2.50 bits per heavy atom. The van der Waals surface area contributed by atoms with Crippen molar-refractivity contribution in [2.75, 3.05) is 26.9 Å². The lowest BCUT2D eigenvalue weighted by Crippen LogP contribution is -2.40. The van der Waals surface area contributed by atoms with Crippen molar-refractivity contribution < 1.29 is 18.7 Å². The summed E-state index contributed by atoms with van der Waals surface area (Å²) in [5, 5.41) is 0. The van der Waals surface area contributed by atoms with Gasteiger partial charge in [-0.1, -0.05) is 0 Å². The van der Waals surface area contributed by atoms with E-state index in [1.54, 1.807) is 18.3 Å². The highest BCUT2D eigenvalue weighted by atomic mass is 16.5. The SMILES string of the molecule is COCCN(Cc1ccco1)C(=O)[C@@H]1CCCO1. The Labute approximate surface area is 107 Å². The first-order valence-electron chi connectivity index (χ1n) is 6.23. The number of hydrogen-bond donors (Lipinski definition) is 0. The number of carbonyl (C=O) groups excluding carboxylic acids is 1. The topological polar surface area (TPSA) is 51.9 Å². The second-order valence-corrected chi connectivity index (χ2v) is 4.33. The Hall–Kier alpha value is -1.33. The van der Waals surface area contributed by atoms with Gasteiger partial charge in [-0.05, 0) is 25.0 Å². The summed E-state index contributed by atoms with van der Waals surface area (Å²) in [6.07, 6.45) is 3.08. The van der Waals surface area contributed by atoms with E-state index in [4.69, 9.17) is 13.9 Å². The number of nitrogens with zero attached hydrogens (tertiary/aromatic N) is 1. The molecule has 18 heavy (non-hydrogen) atoms. The molecule has 1 saturated heterocycles. The van der Waals surface area contributed by atoms with Crippen LogP contribution in [0.2, 0.25) is 0 Å². The maximum absolute atomic E-state index is 12.3. The fraction of sp³-hybridized carbons (Fsp3) is 0.615. The molecule has 0 aliphatic carbocycles. The van der Waals surface area contributed by atoms with Gasteiger partial charge < -0.3 is 18.8 Å². The molecule has 1 amide bonds. The van der Waals surface area contributed by atoms with Gasteiger partial charge in [0.15, 0.2) is 0 Å². The average Bonchev–Trinajstić information content (AvgIpc) is 3.06. The van der Waals surface area contributed by atoms with Crippen molar-refractivity contribution in [1.29, 1.82) is 0 Å². The van der Waals surface area contributed by atoms with Gasteiger partial charge in [0.1, 0.15) is 11.9 Å². The van der Waals surface area contributed by atoms with Gasteiger partial charge in [-0.15, -0.1) is 0 Å². The van der Waals surface area contributed by atoms with Crippen molar-refractivity contribution >= 4 is 5.91 Å². The Balaban J connectivity index is 1.96. The third kappa shape index (κ3) is 3.34. The summed E-state index contributed by atoms with van der Waals surface area (Å²) >= 11 is 0. The van der Waals surface area contributed by atoms with Gasteiger partial charge in [0.2, 0.25) is 0 Å². The molecule has 1 aliphatic rings. The van der Waals surface area contributed by atoms with Gasteiger partial charge in [-0.25, -0.2) is 0 Å². The molecule has 0 radical (unpaired) electrons. The first-order chi connectivity index (χ1) is 8.81. The van der Waals surface area contributed by atoms with E-state index in [9.17, 15) is 4.79 Å². The summed E-state index contributed by atoms with van der Waals surface area (Å²) in [5.74, 6) is 0.804. The zero-order valence-corrected chi connectivity index (χ0v) is 10.6. The molecule has 1 fully saturated rings. The van der Waals surface area contributed by atoms with Crippen LogP contribution in [0.5, 0.6) is 0 Å². The zero-order chi connectivity index (χ0) is 12.8. The van der Waals surface area contributed by atoms with Crippen molar-refractivity contribution in [1.82, 2.24) is 4.90 Å². The summed E-state index contributed by atoms with van der Waals surface area (Å²) in [5.41, 5.74) is 0. The van der Waals surface area contributed by atoms with Gasteiger partial charge in [0.05, 0.1) is 19.4 Å². The zero-order valence-electron chi connectivity index (χ0n) is 10.6. The highest BCUT2D eigenvalue weighted by Gasteiger charge is 2.28. The molecule has 1 atom stereocenters. The predicted octanol–water partition coefficient (Wildman–Crippen LogP) is 1.43. The molecule has 5 heteroatoms. The first kappa shape index (κ1) is 13.1. The second kappa shape index (κ2) is 6.56. The maximum atomic E-state index is 12.3. The molecule has 0 unspecified atom stereocenters. The summed E-state index contributed by atoms with van der Waals surface area (Å²) in [4.78, 5) is 14.0. The maximum Gasteiger partial charge on any atom is 0.252 e. The van der Waals surface area contributed by atoms with Crippen LogP contribution in [0.25, 0.3) is 0 Å². The van der Waals surface area contributed by atoms with Crippen LogP contribution >= 0.6 is 0 Å². The lowest BCUT2D eigenvalue weighted by Gasteiger charge is -2.24. The molecule has 0 bridgehead atoms. The van der Waals surface area contributed by atoms with Crippen LogP contribution in [0.4, 0.5) is 0 Å². The molecule has 2 heterocycles. The third-order valence-electron chi connectivity index (χ3n) is 3.01. The molecule has 0 aromatic carbocycles. The summed E-state index contributed by atoms with van der Waals surface area (Å²) in [6, 6.07) is 3.68. The largest absolute Gasteiger partial charge is 0.467 e. The van der Waals surface area contributed by atoms with E-state index in [1.807, 2.05) is 12.1 Å². The molecule has 2 rings (SSSR count). The second-order valence-electron chi connectivity index (χ2n) is 4.33. The minimum Gasteiger partial charge on any atom is -0.467 e. The number of rotatable bonds is 6. The molecule has 1 aromatic rings. The lowest BCUT2D eigenvalue weighted by molar-refractivity contribution is -0.142. The van der Waals surface area contributed by atoms with Crippen molar-refractivity contribution in [3.63, 3.8) is 0 Å². The molecule has 5 nitrogen and oxygen atoms in total. The van der Waals surface area contributed by atoms with E-state index >= 15 is 0 Å². The Morgan fingerprint density at radius 3 is 3.11 bits per heavy atom. The molecule has 1 aliphatic heterocycles. The highest BCUT2D eigenvalue weighted by Crippen LogP contribution is 2.16. The molecule has 0 spiro atoms. The molecular formula is C13H19NO4. The van der Waals surface area contributed by atoms with Crippen molar-refractivity contribution in [2.24, 2.45) is 0 Å². The fourth-order valence-corrected chi connectivity index (χ4v) is 2.04. The fourth-order valence-electron chi connectivity index (χ4n) is 2.04. The van der Waals surface area contributed by atoms with E-state index in [0.717, 1.165) is 18.6 Å². The number of furan rings is 1. The van der Waals surface area contributed by atoms with Crippen LogP contribution in [-0.2, 0) is 20.8 Å². The van der Waals surface area contributed by atoms with E-state index in [1.165, 1.54) is 0 Å². The number of ether oxygens (including phenoxy) is 2. The average molecular weight is 253 g/mol. The van der Waals surface area contributed by atoms with Crippen molar-refractivity contribution in [3.05, 3.63) is 24.2 Å². The van der Waals surface area contributed by atoms with Crippen LogP contribution < -0.4 is 0 Å². The summed E-state index contributed by atoms with van der Waals surface area (Å²) in [6.45, 7) is 2.21. The first-order valence-corrected chi connectivity index (χ1v) is 6.23. The molecule has 1 aromatic heterocycles. The van der Waals surface area contributed by atoms with Crippen LogP contribution in [0.1, 0.15) is 18.6 Å². The number of hydrogen-bond acceptors (Lipinski definition) is 4. The van der Waals surface area contributed by atoms with Crippen LogP contribution in [0.15, 0.2) is 22.8 Å². The van der Waals surface area contributed by atoms with E-state index in [2.05, 4.69) is 0 Å². The molecule has 100 valence electrons. The number of amides is 1. The monoisotopic (exact) mass is 253 g/mol. The van der Waals surface area contributed by atoms with Gasteiger partial charge in [0.25, 0.3) is 5.91 Å². The van der Waals surface area contributed by atoms with Crippen molar-refractivity contribution in [3.8, 4) is 0 Å². The quantitative estimate of drug-likeness (QED) is 0.769. The van der Waals surface area contributed by atoms with E-state index in [0.29, 0.717) is 26.3 Å². The Bertz CT molecular complexity index is 357. The van der Waals surface area contributed by atoms with E-state index in [-0.39, 0.29) is 12.0 Å². The lowest BCUT2D eigenvalue weighted by atomic mass is 10.2. The minimum atomic E-state index is -0.295. The molecule has 0 saturated carbocycles. The summed E-state index contributed by atoms with van der Waals surface area (Å²) < 4.78 is 15.8. The van der Waals surface area contributed by atoms with Gasteiger partial charge in [-0.2, -0.15) is 0 Å². The Kier molecular flexibility index (Phi) is 4.78. The van der Waals surface area contributed by atoms with E-state index < -0.39 is 0 Å². The van der Waals surface area contributed by atoms with Crippen LogP contribution in [0.3, 0.4) is 0 Å². The summed E-state index contributed by atoms with van der Waals surface area (Å²) in [7, 11) is 1.63.